The van der Waals surface area contributed by atoms with Gasteiger partial charge in [0.15, 0.2) is 5.69 Å². The van der Waals surface area contributed by atoms with Gasteiger partial charge >= 0.3 is 0 Å². The molecule has 166 valence electrons. The fourth-order valence-corrected chi connectivity index (χ4v) is 4.24. The van der Waals surface area contributed by atoms with Gasteiger partial charge < -0.3 is 10.1 Å². The fourth-order valence-electron chi connectivity index (χ4n) is 4.24. The van der Waals surface area contributed by atoms with Gasteiger partial charge in [-0.3, -0.25) is 14.5 Å². The average molecular weight is 433 g/mol. The van der Waals surface area contributed by atoms with E-state index in [9.17, 15) is 9.59 Å². The van der Waals surface area contributed by atoms with Crippen LogP contribution in [-0.4, -0.2) is 47.3 Å². The van der Waals surface area contributed by atoms with Crippen molar-refractivity contribution in [1.82, 2.24) is 20.0 Å². The highest BCUT2D eigenvalue weighted by atomic mass is 16.5. The number of hydrogen-bond acceptors (Lipinski definition) is 5. The van der Waals surface area contributed by atoms with Crippen molar-refractivity contribution in [2.75, 3.05) is 26.7 Å². The molecule has 0 radical (unpaired) electrons. The number of nitrogens with zero attached hydrogens (tertiary/aromatic N) is 3. The van der Waals surface area contributed by atoms with Crippen LogP contribution < -0.4 is 15.5 Å². The van der Waals surface area contributed by atoms with E-state index in [1.54, 1.807) is 18.7 Å². The third-order valence-corrected chi connectivity index (χ3v) is 5.86. The Morgan fingerprint density at radius 2 is 1.78 bits per heavy atom. The summed E-state index contributed by atoms with van der Waals surface area (Å²) in [5, 5.41) is 7.33. The highest BCUT2D eigenvalue weighted by Crippen LogP contribution is 2.31. The third kappa shape index (κ3) is 4.57. The summed E-state index contributed by atoms with van der Waals surface area (Å²) in [7, 11) is 1.65. The van der Waals surface area contributed by atoms with Crippen molar-refractivity contribution in [2.24, 2.45) is 0 Å². The molecule has 3 aromatic rings. The fraction of sp³-hybridized carbons (Fsp3) is 0.320. The molecule has 1 aromatic heterocycles. The molecule has 1 fully saturated rings. The summed E-state index contributed by atoms with van der Waals surface area (Å²) in [5.74, 6) is 0.317. The average Bonchev–Trinajstić information content (AvgIpc) is 3.34. The Bertz CT molecular complexity index is 1140. The third-order valence-electron chi connectivity index (χ3n) is 5.86. The van der Waals surface area contributed by atoms with E-state index in [0.717, 1.165) is 42.9 Å². The van der Waals surface area contributed by atoms with Gasteiger partial charge in [0.25, 0.3) is 5.91 Å². The number of benzene rings is 2. The normalized spacial score (nSPS) is 14.8. The number of hydrogen-bond donors (Lipinski definition) is 1. The number of methoxy groups -OCH3 is 1. The van der Waals surface area contributed by atoms with Crippen molar-refractivity contribution >= 4 is 5.91 Å². The highest BCUT2D eigenvalue weighted by Gasteiger charge is 2.27. The molecule has 2 heterocycles. The van der Waals surface area contributed by atoms with Crippen LogP contribution in [-0.2, 0) is 0 Å². The zero-order chi connectivity index (χ0) is 22.5. The molecule has 1 N–H and O–H groups in total. The molecule has 32 heavy (non-hydrogen) atoms. The maximum absolute atomic E-state index is 13.0. The molecule has 0 aliphatic carbocycles. The number of aromatic nitrogens is 2. The minimum absolute atomic E-state index is 0.0422. The van der Waals surface area contributed by atoms with E-state index in [2.05, 4.69) is 15.3 Å². The van der Waals surface area contributed by atoms with E-state index in [1.165, 1.54) is 6.07 Å². The molecule has 1 saturated heterocycles. The molecule has 1 amide bonds. The maximum Gasteiger partial charge on any atom is 0.275 e. The van der Waals surface area contributed by atoms with Crippen LogP contribution in [0.25, 0.3) is 5.69 Å². The Kier molecular flexibility index (Phi) is 6.66. The summed E-state index contributed by atoms with van der Waals surface area (Å²) in [6.07, 6.45) is 2.25. The van der Waals surface area contributed by atoms with Crippen LogP contribution in [0.1, 0.15) is 40.6 Å². The molecule has 4 rings (SSSR count). The second-order valence-corrected chi connectivity index (χ2v) is 7.96. The van der Waals surface area contributed by atoms with E-state index in [0.29, 0.717) is 12.2 Å². The predicted molar refractivity (Wildman–Crippen MR) is 123 cm³/mol. The molecule has 7 nitrogen and oxygen atoms in total. The Morgan fingerprint density at radius 1 is 1.09 bits per heavy atom. The van der Waals surface area contributed by atoms with E-state index in [-0.39, 0.29) is 17.2 Å². The second-order valence-electron chi connectivity index (χ2n) is 7.96. The monoisotopic (exact) mass is 432 g/mol. The molecule has 1 aliphatic rings. The lowest BCUT2D eigenvalue weighted by atomic mass is 10.0. The van der Waals surface area contributed by atoms with Crippen molar-refractivity contribution in [1.29, 1.82) is 0 Å². The van der Waals surface area contributed by atoms with Crippen LogP contribution in [0, 0.1) is 6.92 Å². The van der Waals surface area contributed by atoms with Crippen LogP contribution in [0.15, 0.2) is 65.5 Å². The number of nitrogens with one attached hydrogen (secondary N) is 1. The lowest BCUT2D eigenvalue weighted by Gasteiger charge is -2.29. The van der Waals surface area contributed by atoms with E-state index in [4.69, 9.17) is 4.74 Å². The Labute approximate surface area is 187 Å². The largest absolute Gasteiger partial charge is 0.496 e. The SMILES string of the molecule is COc1ccccc1C(CNC(=O)c1nn(-c2ccccc2)c(C)cc1=O)N1CCCC1. The number of likely N-dealkylation sites (tertiary alicyclic amines) is 1. The van der Waals surface area contributed by atoms with Gasteiger partial charge in [0.05, 0.1) is 18.8 Å². The molecule has 1 aliphatic heterocycles. The summed E-state index contributed by atoms with van der Waals surface area (Å²) in [4.78, 5) is 27.9. The van der Waals surface area contributed by atoms with Crippen molar-refractivity contribution in [3.05, 3.63) is 87.8 Å². The molecule has 2 aromatic carbocycles. The first-order valence-electron chi connectivity index (χ1n) is 10.9. The molecule has 0 saturated carbocycles. The Hall–Kier alpha value is -3.45. The number of amides is 1. The highest BCUT2D eigenvalue weighted by molar-refractivity contribution is 5.92. The molecule has 0 bridgehead atoms. The first-order valence-corrected chi connectivity index (χ1v) is 10.9. The minimum atomic E-state index is -0.473. The Balaban J connectivity index is 1.59. The van der Waals surface area contributed by atoms with Gasteiger partial charge in [-0.25, -0.2) is 4.68 Å². The molecule has 1 unspecified atom stereocenters. The van der Waals surface area contributed by atoms with Gasteiger partial charge in [-0.2, -0.15) is 5.10 Å². The number of carbonyl (C=O) groups is 1. The number of para-hydroxylation sites is 2. The molecular weight excluding hydrogens is 404 g/mol. The van der Waals surface area contributed by atoms with Crippen LogP contribution in [0.5, 0.6) is 5.75 Å². The molecule has 7 heteroatoms. The first-order chi connectivity index (χ1) is 15.6. The maximum atomic E-state index is 13.0. The van der Waals surface area contributed by atoms with Crippen molar-refractivity contribution in [2.45, 2.75) is 25.8 Å². The molecular formula is C25H28N4O3. The summed E-state index contributed by atoms with van der Waals surface area (Å²) >= 11 is 0. The standard InChI is InChI=1S/C25H28N4O3/c1-18-16-22(30)24(27-29(18)19-10-4-3-5-11-19)25(31)26-17-21(28-14-8-9-15-28)20-12-6-7-13-23(20)32-2/h3-7,10-13,16,21H,8-9,14-15,17H2,1-2H3,(H,26,31). The van der Waals surface area contributed by atoms with Gasteiger partial charge in [-0.15, -0.1) is 0 Å². The summed E-state index contributed by atoms with van der Waals surface area (Å²) in [6.45, 7) is 4.08. The topological polar surface area (TPSA) is 76.5 Å². The van der Waals surface area contributed by atoms with Crippen molar-refractivity contribution in [3.8, 4) is 11.4 Å². The Morgan fingerprint density at radius 3 is 2.50 bits per heavy atom. The van der Waals surface area contributed by atoms with Gasteiger partial charge in [-0.05, 0) is 51.1 Å². The van der Waals surface area contributed by atoms with Crippen LogP contribution in [0.2, 0.25) is 0 Å². The number of carbonyl (C=O) groups excluding carboxylic acids is 1. The van der Waals surface area contributed by atoms with Crippen LogP contribution in [0.4, 0.5) is 0 Å². The van der Waals surface area contributed by atoms with E-state index < -0.39 is 5.91 Å². The summed E-state index contributed by atoms with van der Waals surface area (Å²) < 4.78 is 7.19. The lowest BCUT2D eigenvalue weighted by molar-refractivity contribution is 0.0929. The van der Waals surface area contributed by atoms with Crippen molar-refractivity contribution < 1.29 is 9.53 Å². The number of ether oxygens (including phenoxy) is 1. The predicted octanol–water partition coefficient (Wildman–Crippen LogP) is 3.12. The minimum Gasteiger partial charge on any atom is -0.496 e. The summed E-state index contributed by atoms with van der Waals surface area (Å²) in [6, 6.07) is 18.7. The summed E-state index contributed by atoms with van der Waals surface area (Å²) in [5.41, 5.74) is 1.99. The molecule has 0 spiro atoms. The zero-order valence-corrected chi connectivity index (χ0v) is 18.5. The quantitative estimate of drug-likeness (QED) is 0.621. The number of aryl methyl sites for hydroxylation is 1. The second kappa shape index (κ2) is 9.78. The van der Waals surface area contributed by atoms with Gasteiger partial charge in [0.1, 0.15) is 5.75 Å². The van der Waals surface area contributed by atoms with E-state index in [1.807, 2.05) is 54.6 Å². The first kappa shape index (κ1) is 21.8. The number of rotatable bonds is 7. The van der Waals surface area contributed by atoms with Crippen molar-refractivity contribution in [3.63, 3.8) is 0 Å². The van der Waals surface area contributed by atoms with Crippen LogP contribution in [0.3, 0.4) is 0 Å². The van der Waals surface area contributed by atoms with Gasteiger partial charge in [0.2, 0.25) is 5.43 Å². The smallest absolute Gasteiger partial charge is 0.275 e. The lowest BCUT2D eigenvalue weighted by Crippen LogP contribution is -2.39. The van der Waals surface area contributed by atoms with Crippen LogP contribution >= 0.6 is 0 Å². The van der Waals surface area contributed by atoms with Gasteiger partial charge in [-0.1, -0.05) is 36.4 Å². The molecule has 1 atom stereocenters. The zero-order valence-electron chi connectivity index (χ0n) is 18.5. The van der Waals surface area contributed by atoms with Gasteiger partial charge in [0, 0.05) is 23.9 Å². The van der Waals surface area contributed by atoms with E-state index >= 15 is 0 Å².